The normalized spacial score (nSPS) is 11.0. The number of hydrogen-bond donors (Lipinski definition) is 0. The fraction of sp³-hybridized carbons (Fsp3) is 0.333. The molecule has 0 aliphatic rings. The average molecular weight is 253 g/mol. The van der Waals surface area contributed by atoms with E-state index in [-0.39, 0.29) is 0 Å². The minimum atomic E-state index is 0.977. The van der Waals surface area contributed by atoms with Crippen LogP contribution >= 0.6 is 15.9 Å². The number of unbranched alkanes of at least 4 members (excludes halogenated alkanes) is 1. The molecule has 0 bridgehead atoms. The fourth-order valence-corrected chi connectivity index (χ4v) is 2.01. The third-order valence-corrected chi connectivity index (χ3v) is 3.03. The van der Waals surface area contributed by atoms with Gasteiger partial charge in [0.15, 0.2) is 0 Å². The molecule has 0 saturated heterocycles. The van der Waals surface area contributed by atoms with Crippen molar-refractivity contribution in [2.45, 2.75) is 26.2 Å². The summed E-state index contributed by atoms with van der Waals surface area (Å²) in [5.74, 6) is 1.09. The smallest absolute Gasteiger partial charge is 0.135 e. The van der Waals surface area contributed by atoms with Crippen LogP contribution in [0, 0.1) is 0 Å². The van der Waals surface area contributed by atoms with Crippen molar-refractivity contribution in [1.82, 2.24) is 0 Å². The lowest BCUT2D eigenvalue weighted by molar-refractivity contribution is 0.536. The standard InChI is InChI=1S/C12H13BrO/c1-2-3-5-9-8-10-11(13)6-4-7-12(10)14-9/h4,6-8H,2-3,5H2,1H3. The topological polar surface area (TPSA) is 13.1 Å². The van der Waals surface area contributed by atoms with E-state index in [0.29, 0.717) is 0 Å². The van der Waals surface area contributed by atoms with Crippen molar-refractivity contribution in [3.8, 4) is 0 Å². The quantitative estimate of drug-likeness (QED) is 0.782. The number of fused-ring (bicyclic) bond motifs is 1. The van der Waals surface area contributed by atoms with Crippen molar-refractivity contribution in [3.63, 3.8) is 0 Å². The molecule has 0 aliphatic heterocycles. The van der Waals surface area contributed by atoms with Crippen molar-refractivity contribution >= 4 is 26.9 Å². The second-order valence-electron chi connectivity index (χ2n) is 3.47. The van der Waals surface area contributed by atoms with Gasteiger partial charge in [-0.2, -0.15) is 0 Å². The van der Waals surface area contributed by atoms with Gasteiger partial charge >= 0.3 is 0 Å². The number of rotatable bonds is 3. The van der Waals surface area contributed by atoms with E-state index in [1.54, 1.807) is 0 Å². The number of benzene rings is 1. The molecule has 1 heterocycles. The van der Waals surface area contributed by atoms with E-state index < -0.39 is 0 Å². The van der Waals surface area contributed by atoms with Crippen LogP contribution in [-0.2, 0) is 6.42 Å². The van der Waals surface area contributed by atoms with Crippen LogP contribution in [0.2, 0.25) is 0 Å². The van der Waals surface area contributed by atoms with E-state index in [0.717, 1.165) is 22.2 Å². The molecule has 2 aromatic rings. The van der Waals surface area contributed by atoms with E-state index in [1.165, 1.54) is 18.2 Å². The summed E-state index contributed by atoms with van der Waals surface area (Å²) in [4.78, 5) is 0. The van der Waals surface area contributed by atoms with E-state index in [9.17, 15) is 0 Å². The Morgan fingerprint density at radius 2 is 2.21 bits per heavy atom. The molecule has 0 unspecified atom stereocenters. The summed E-state index contributed by atoms with van der Waals surface area (Å²) in [6.45, 7) is 2.19. The van der Waals surface area contributed by atoms with E-state index >= 15 is 0 Å². The minimum absolute atomic E-state index is 0.977. The maximum atomic E-state index is 5.72. The highest BCUT2D eigenvalue weighted by atomic mass is 79.9. The first-order chi connectivity index (χ1) is 6.81. The molecule has 1 nitrogen and oxygen atoms in total. The van der Waals surface area contributed by atoms with Crippen LogP contribution in [0.25, 0.3) is 11.0 Å². The van der Waals surface area contributed by atoms with Gasteiger partial charge in [-0.3, -0.25) is 0 Å². The van der Waals surface area contributed by atoms with Gasteiger partial charge in [-0.25, -0.2) is 0 Å². The van der Waals surface area contributed by atoms with Gasteiger partial charge in [0.25, 0.3) is 0 Å². The summed E-state index contributed by atoms with van der Waals surface area (Å²) in [6, 6.07) is 8.19. The summed E-state index contributed by atoms with van der Waals surface area (Å²) < 4.78 is 6.83. The Balaban J connectivity index is 2.36. The van der Waals surface area contributed by atoms with Crippen LogP contribution in [0.3, 0.4) is 0 Å². The second kappa shape index (κ2) is 4.18. The van der Waals surface area contributed by atoms with Crippen LogP contribution in [-0.4, -0.2) is 0 Å². The van der Waals surface area contributed by atoms with Crippen molar-refractivity contribution in [1.29, 1.82) is 0 Å². The Kier molecular flexibility index (Phi) is 2.92. The van der Waals surface area contributed by atoms with E-state index in [1.807, 2.05) is 18.2 Å². The fourth-order valence-electron chi connectivity index (χ4n) is 1.55. The van der Waals surface area contributed by atoms with E-state index in [2.05, 4.69) is 28.9 Å². The first-order valence-corrected chi connectivity index (χ1v) is 5.77. The zero-order valence-electron chi connectivity index (χ0n) is 8.22. The van der Waals surface area contributed by atoms with Crippen LogP contribution in [0.1, 0.15) is 25.5 Å². The molecule has 14 heavy (non-hydrogen) atoms. The third-order valence-electron chi connectivity index (χ3n) is 2.34. The average Bonchev–Trinajstić information content (AvgIpc) is 2.59. The molecule has 0 amide bonds. The number of furan rings is 1. The van der Waals surface area contributed by atoms with Crippen molar-refractivity contribution in [2.75, 3.05) is 0 Å². The van der Waals surface area contributed by atoms with Crippen LogP contribution in [0.15, 0.2) is 33.2 Å². The van der Waals surface area contributed by atoms with Gasteiger partial charge in [-0.1, -0.05) is 35.3 Å². The van der Waals surface area contributed by atoms with Gasteiger partial charge in [0.2, 0.25) is 0 Å². The molecule has 2 rings (SSSR count). The monoisotopic (exact) mass is 252 g/mol. The highest BCUT2D eigenvalue weighted by Crippen LogP contribution is 2.27. The molecule has 0 radical (unpaired) electrons. The molecule has 0 N–H and O–H groups in total. The van der Waals surface area contributed by atoms with Gasteiger partial charge in [0, 0.05) is 16.3 Å². The first kappa shape index (κ1) is 9.78. The Bertz CT molecular complexity index is 431. The summed E-state index contributed by atoms with van der Waals surface area (Å²) >= 11 is 3.52. The minimum Gasteiger partial charge on any atom is -0.461 e. The van der Waals surface area contributed by atoms with Crippen molar-refractivity contribution in [3.05, 3.63) is 34.5 Å². The van der Waals surface area contributed by atoms with Crippen molar-refractivity contribution < 1.29 is 4.42 Å². The molecule has 1 aromatic heterocycles. The number of aryl methyl sites for hydroxylation is 1. The molecule has 2 heteroatoms. The summed E-state index contributed by atoms with van der Waals surface area (Å²) in [5, 5.41) is 1.18. The van der Waals surface area contributed by atoms with Gasteiger partial charge in [-0.05, 0) is 24.6 Å². The highest BCUT2D eigenvalue weighted by Gasteiger charge is 2.05. The lowest BCUT2D eigenvalue weighted by Crippen LogP contribution is -1.78. The zero-order valence-corrected chi connectivity index (χ0v) is 9.80. The van der Waals surface area contributed by atoms with Crippen molar-refractivity contribution in [2.24, 2.45) is 0 Å². The van der Waals surface area contributed by atoms with Gasteiger partial charge in [-0.15, -0.1) is 0 Å². The SMILES string of the molecule is CCCCc1cc2c(Br)cccc2o1. The predicted octanol–water partition coefficient (Wildman–Crippen LogP) is 4.54. The van der Waals surface area contributed by atoms with Crippen LogP contribution in [0.4, 0.5) is 0 Å². The Labute approximate surface area is 92.2 Å². The molecular weight excluding hydrogens is 240 g/mol. The predicted molar refractivity (Wildman–Crippen MR) is 62.5 cm³/mol. The molecular formula is C12H13BrO. The van der Waals surface area contributed by atoms with Crippen LogP contribution in [0.5, 0.6) is 0 Å². The van der Waals surface area contributed by atoms with Gasteiger partial charge < -0.3 is 4.42 Å². The maximum Gasteiger partial charge on any atom is 0.135 e. The Hall–Kier alpha value is -0.760. The first-order valence-electron chi connectivity index (χ1n) is 4.98. The largest absolute Gasteiger partial charge is 0.461 e. The summed E-state index contributed by atoms with van der Waals surface area (Å²) in [7, 11) is 0. The molecule has 0 fully saturated rings. The molecule has 0 aliphatic carbocycles. The van der Waals surface area contributed by atoms with Gasteiger partial charge in [0.1, 0.15) is 11.3 Å². The molecule has 1 aromatic carbocycles. The Morgan fingerprint density at radius 1 is 1.36 bits per heavy atom. The second-order valence-corrected chi connectivity index (χ2v) is 4.32. The lowest BCUT2D eigenvalue weighted by Gasteiger charge is -1.91. The Morgan fingerprint density at radius 3 is 2.93 bits per heavy atom. The molecule has 0 saturated carbocycles. The molecule has 0 atom stereocenters. The lowest BCUT2D eigenvalue weighted by atomic mass is 10.2. The third kappa shape index (κ3) is 1.85. The molecule has 0 spiro atoms. The zero-order chi connectivity index (χ0) is 9.97. The van der Waals surface area contributed by atoms with Gasteiger partial charge in [0.05, 0.1) is 0 Å². The maximum absolute atomic E-state index is 5.72. The van der Waals surface area contributed by atoms with Crippen LogP contribution < -0.4 is 0 Å². The number of hydrogen-bond acceptors (Lipinski definition) is 1. The highest BCUT2D eigenvalue weighted by molar-refractivity contribution is 9.10. The van der Waals surface area contributed by atoms with E-state index in [4.69, 9.17) is 4.42 Å². The molecule has 74 valence electrons. The summed E-state index contributed by atoms with van der Waals surface area (Å²) in [5.41, 5.74) is 0.977. The number of halogens is 1. The summed E-state index contributed by atoms with van der Waals surface area (Å²) in [6.07, 6.45) is 3.44.